The first-order chi connectivity index (χ1) is 9.82. The van der Waals surface area contributed by atoms with Crippen LogP contribution in [0.25, 0.3) is 0 Å². The maximum absolute atomic E-state index is 12.5. The van der Waals surface area contributed by atoms with E-state index in [2.05, 4.69) is 10.1 Å². The lowest BCUT2D eigenvalue weighted by atomic mass is 10.2. The number of nitrogens with zero attached hydrogens (tertiary/aromatic N) is 3. The highest BCUT2D eigenvalue weighted by Gasteiger charge is 2.30. The molecule has 0 spiro atoms. The second kappa shape index (κ2) is 6.07. The summed E-state index contributed by atoms with van der Waals surface area (Å²) in [4.78, 5) is 3.86. The number of halogens is 3. The van der Waals surface area contributed by atoms with E-state index < -0.39 is 11.7 Å². The number of hydrogen-bond donors (Lipinski definition) is 1. The van der Waals surface area contributed by atoms with Crippen molar-refractivity contribution in [2.45, 2.75) is 29.6 Å². The van der Waals surface area contributed by atoms with Crippen LogP contribution >= 0.6 is 11.8 Å². The lowest BCUT2D eigenvalue weighted by molar-refractivity contribution is -0.137. The fourth-order valence-electron chi connectivity index (χ4n) is 1.95. The normalized spacial score (nSPS) is 11.9. The third kappa shape index (κ3) is 3.56. The highest BCUT2D eigenvalue weighted by Crippen LogP contribution is 2.33. The summed E-state index contributed by atoms with van der Waals surface area (Å²) < 4.78 is 39.2. The van der Waals surface area contributed by atoms with Gasteiger partial charge in [0.25, 0.3) is 0 Å². The molecule has 2 rings (SSSR count). The lowest BCUT2D eigenvalue weighted by Crippen LogP contribution is -2.06. The van der Waals surface area contributed by atoms with Crippen molar-refractivity contribution >= 4 is 11.8 Å². The standard InChI is InChI=1S/C13H15F3N4S/c1-8-10(5-6-17)12(20(2)19-8)21-11-4-3-9(7-18-11)13(14,15)16/h3-4,7H,5-6,17H2,1-2H3. The number of nitrogens with two attached hydrogens (primary N) is 1. The molecule has 0 radical (unpaired) electrons. The number of alkyl halides is 3. The Hall–Kier alpha value is -1.54. The van der Waals surface area contributed by atoms with E-state index in [0.717, 1.165) is 28.5 Å². The van der Waals surface area contributed by atoms with E-state index in [9.17, 15) is 13.2 Å². The van der Waals surface area contributed by atoms with Crippen molar-refractivity contribution < 1.29 is 13.2 Å². The quantitative estimate of drug-likeness (QED) is 0.942. The second-order valence-electron chi connectivity index (χ2n) is 4.52. The zero-order chi connectivity index (χ0) is 15.6. The fraction of sp³-hybridized carbons (Fsp3) is 0.385. The van der Waals surface area contributed by atoms with Crippen molar-refractivity contribution in [1.29, 1.82) is 0 Å². The molecule has 8 heteroatoms. The minimum absolute atomic E-state index is 0.487. The van der Waals surface area contributed by atoms with Gasteiger partial charge >= 0.3 is 6.18 Å². The fourth-order valence-corrected chi connectivity index (χ4v) is 2.93. The third-order valence-electron chi connectivity index (χ3n) is 2.95. The van der Waals surface area contributed by atoms with Gasteiger partial charge in [0.2, 0.25) is 0 Å². The summed E-state index contributed by atoms with van der Waals surface area (Å²) in [6.45, 7) is 2.37. The largest absolute Gasteiger partial charge is 0.417 e. The topological polar surface area (TPSA) is 56.7 Å². The molecule has 0 atom stereocenters. The van der Waals surface area contributed by atoms with Crippen molar-refractivity contribution in [2.75, 3.05) is 6.54 Å². The van der Waals surface area contributed by atoms with Crippen LogP contribution < -0.4 is 5.73 Å². The van der Waals surface area contributed by atoms with Gasteiger partial charge in [0, 0.05) is 18.8 Å². The van der Waals surface area contributed by atoms with Crippen molar-refractivity contribution in [1.82, 2.24) is 14.8 Å². The van der Waals surface area contributed by atoms with Gasteiger partial charge in [-0.25, -0.2) is 4.98 Å². The van der Waals surface area contributed by atoms with Gasteiger partial charge in [-0.3, -0.25) is 4.68 Å². The van der Waals surface area contributed by atoms with E-state index in [4.69, 9.17) is 5.73 Å². The van der Waals surface area contributed by atoms with Crippen LogP contribution in [0.15, 0.2) is 28.4 Å². The predicted molar refractivity (Wildman–Crippen MR) is 74.1 cm³/mol. The van der Waals surface area contributed by atoms with Gasteiger partial charge in [0.1, 0.15) is 10.1 Å². The number of aromatic nitrogens is 3. The molecule has 0 fully saturated rings. The maximum atomic E-state index is 12.5. The van der Waals surface area contributed by atoms with E-state index in [1.165, 1.54) is 17.8 Å². The molecular weight excluding hydrogens is 301 g/mol. The van der Waals surface area contributed by atoms with Crippen LogP contribution in [0, 0.1) is 6.92 Å². The lowest BCUT2D eigenvalue weighted by Gasteiger charge is -2.08. The third-order valence-corrected chi connectivity index (χ3v) is 4.10. The summed E-state index contributed by atoms with van der Waals surface area (Å²) in [5.41, 5.74) is 6.71. The number of rotatable bonds is 4. The molecule has 2 heterocycles. The summed E-state index contributed by atoms with van der Waals surface area (Å²) in [7, 11) is 1.79. The molecule has 2 N–H and O–H groups in total. The van der Waals surface area contributed by atoms with Gasteiger partial charge in [-0.05, 0) is 32.0 Å². The second-order valence-corrected chi connectivity index (χ2v) is 5.53. The van der Waals surface area contributed by atoms with Crippen molar-refractivity contribution in [3.8, 4) is 0 Å². The van der Waals surface area contributed by atoms with Crippen LogP contribution in [0.5, 0.6) is 0 Å². The average Bonchev–Trinajstić information content (AvgIpc) is 2.66. The summed E-state index contributed by atoms with van der Waals surface area (Å²) in [6, 6.07) is 2.39. The Kier molecular flexibility index (Phi) is 4.58. The molecule has 0 aromatic carbocycles. The molecule has 0 unspecified atom stereocenters. The Bertz CT molecular complexity index is 620. The zero-order valence-electron chi connectivity index (χ0n) is 11.6. The van der Waals surface area contributed by atoms with Gasteiger partial charge in [-0.15, -0.1) is 0 Å². The van der Waals surface area contributed by atoms with Gasteiger partial charge in [0.05, 0.1) is 11.3 Å². The first-order valence-electron chi connectivity index (χ1n) is 6.26. The Morgan fingerprint density at radius 1 is 1.33 bits per heavy atom. The zero-order valence-corrected chi connectivity index (χ0v) is 12.4. The smallest absolute Gasteiger partial charge is 0.330 e. The minimum atomic E-state index is -4.37. The number of aryl methyl sites for hydroxylation is 2. The van der Waals surface area contributed by atoms with Gasteiger partial charge < -0.3 is 5.73 Å². The molecular formula is C13H15F3N4S. The van der Waals surface area contributed by atoms with Gasteiger partial charge in [-0.2, -0.15) is 18.3 Å². The number of hydrogen-bond acceptors (Lipinski definition) is 4. The van der Waals surface area contributed by atoms with E-state index in [1.54, 1.807) is 11.7 Å². The van der Waals surface area contributed by atoms with Crippen LogP contribution in [-0.2, 0) is 19.6 Å². The summed E-state index contributed by atoms with van der Waals surface area (Å²) in [6.07, 6.45) is -2.86. The van der Waals surface area contributed by atoms with Crippen molar-refractivity contribution in [2.24, 2.45) is 12.8 Å². The van der Waals surface area contributed by atoms with Crippen LogP contribution in [0.4, 0.5) is 13.2 Å². The summed E-state index contributed by atoms with van der Waals surface area (Å²) in [5.74, 6) is 0. The molecule has 0 saturated heterocycles. The molecule has 0 aliphatic rings. The Balaban J connectivity index is 2.26. The Labute approximate surface area is 124 Å². The average molecular weight is 316 g/mol. The van der Waals surface area contributed by atoms with Gasteiger partial charge in [0.15, 0.2) is 0 Å². The van der Waals surface area contributed by atoms with E-state index in [0.29, 0.717) is 18.0 Å². The molecule has 114 valence electrons. The highest BCUT2D eigenvalue weighted by atomic mass is 32.2. The molecule has 0 aliphatic heterocycles. The molecule has 4 nitrogen and oxygen atoms in total. The maximum Gasteiger partial charge on any atom is 0.417 e. The number of pyridine rings is 1. The highest BCUT2D eigenvalue weighted by molar-refractivity contribution is 7.99. The monoisotopic (exact) mass is 316 g/mol. The van der Waals surface area contributed by atoms with Crippen LogP contribution in [0.3, 0.4) is 0 Å². The van der Waals surface area contributed by atoms with Crippen molar-refractivity contribution in [3.63, 3.8) is 0 Å². The molecule has 0 aliphatic carbocycles. The molecule has 0 amide bonds. The molecule has 2 aromatic heterocycles. The van der Waals surface area contributed by atoms with Crippen LogP contribution in [0.1, 0.15) is 16.8 Å². The Morgan fingerprint density at radius 2 is 2.05 bits per heavy atom. The minimum Gasteiger partial charge on any atom is -0.330 e. The first-order valence-corrected chi connectivity index (χ1v) is 7.08. The van der Waals surface area contributed by atoms with Crippen LogP contribution in [0.2, 0.25) is 0 Å². The predicted octanol–water partition coefficient (Wildman–Crippen LogP) is 2.79. The summed E-state index contributed by atoms with van der Waals surface area (Å²) in [5, 5.41) is 5.66. The van der Waals surface area contributed by atoms with Crippen LogP contribution in [-0.4, -0.2) is 21.3 Å². The Morgan fingerprint density at radius 3 is 2.57 bits per heavy atom. The molecule has 0 saturated carbocycles. The van der Waals surface area contributed by atoms with E-state index in [1.807, 2.05) is 6.92 Å². The summed E-state index contributed by atoms with van der Waals surface area (Å²) >= 11 is 1.29. The van der Waals surface area contributed by atoms with Gasteiger partial charge in [-0.1, -0.05) is 11.8 Å². The van der Waals surface area contributed by atoms with E-state index in [-0.39, 0.29) is 0 Å². The molecule has 2 aromatic rings. The van der Waals surface area contributed by atoms with E-state index >= 15 is 0 Å². The molecule has 21 heavy (non-hydrogen) atoms. The SMILES string of the molecule is Cc1nn(C)c(Sc2ccc(C(F)(F)F)cn2)c1CCN. The van der Waals surface area contributed by atoms with Crippen molar-refractivity contribution in [3.05, 3.63) is 35.2 Å². The first kappa shape index (κ1) is 15.8. The molecule has 0 bridgehead atoms.